The predicted molar refractivity (Wildman–Crippen MR) is 92.7 cm³/mol. The molecular weight excluding hydrogens is 429 g/mol. The van der Waals surface area contributed by atoms with Crippen molar-refractivity contribution in [2.45, 2.75) is 17.2 Å². The summed E-state index contributed by atoms with van der Waals surface area (Å²) < 4.78 is 69.1. The summed E-state index contributed by atoms with van der Waals surface area (Å²) in [5.74, 6) is -1.70. The number of ether oxygens (including phenoxy) is 1. The van der Waals surface area contributed by atoms with E-state index in [-0.39, 0.29) is 5.75 Å². The third-order valence-electron chi connectivity index (χ3n) is 3.53. The lowest BCUT2D eigenvalue weighted by Crippen LogP contribution is -2.50. The average molecular weight is 441 g/mol. The summed E-state index contributed by atoms with van der Waals surface area (Å²) in [6.45, 7) is 0. The molecule has 1 aliphatic rings. The fraction of sp³-hybridized carbons (Fsp3) is 0.267. The topological polar surface area (TPSA) is 116 Å². The van der Waals surface area contributed by atoms with Gasteiger partial charge >= 0.3 is 6.18 Å². The first-order valence-corrected chi connectivity index (χ1v) is 9.60. The summed E-state index contributed by atoms with van der Waals surface area (Å²) >= 11 is 5.68. The van der Waals surface area contributed by atoms with Crippen LogP contribution in [0.2, 0.25) is 0 Å². The number of benzene rings is 1. The number of halogens is 4. The van der Waals surface area contributed by atoms with Crippen LogP contribution in [0.25, 0.3) is 0 Å². The second-order valence-electron chi connectivity index (χ2n) is 5.69. The molecule has 1 amide bonds. The minimum Gasteiger partial charge on any atom is -0.484 e. The van der Waals surface area contributed by atoms with Gasteiger partial charge in [0.2, 0.25) is 10.0 Å². The van der Waals surface area contributed by atoms with E-state index in [0.29, 0.717) is 12.3 Å². The SMILES string of the molecule is CS(=O)(=O)NC(=O)c1cc(OC2C=CC=CC2(Cl)C(F)(F)F)ccc1[N+](=O)[O-]. The number of nitrogens with one attached hydrogen (secondary N) is 1. The molecule has 0 aromatic heterocycles. The van der Waals surface area contributed by atoms with Crippen LogP contribution in [0.3, 0.4) is 0 Å². The molecule has 1 aromatic rings. The summed E-state index contributed by atoms with van der Waals surface area (Å²) in [6.07, 6.45) is -1.92. The van der Waals surface area contributed by atoms with Crippen molar-refractivity contribution in [3.05, 3.63) is 58.2 Å². The van der Waals surface area contributed by atoms with Gasteiger partial charge in [0, 0.05) is 6.07 Å². The molecule has 2 rings (SSSR count). The molecule has 1 aliphatic carbocycles. The number of alkyl halides is 4. The van der Waals surface area contributed by atoms with Crippen LogP contribution in [0.15, 0.2) is 42.5 Å². The lowest BCUT2D eigenvalue weighted by Gasteiger charge is -2.34. The second kappa shape index (κ2) is 7.43. The van der Waals surface area contributed by atoms with Gasteiger partial charge in [0.05, 0.1) is 11.2 Å². The van der Waals surface area contributed by atoms with E-state index >= 15 is 0 Å². The Morgan fingerprint density at radius 2 is 2.00 bits per heavy atom. The van der Waals surface area contributed by atoms with E-state index < -0.39 is 49.3 Å². The zero-order valence-corrected chi connectivity index (χ0v) is 15.5. The Kier molecular flexibility index (Phi) is 5.76. The monoisotopic (exact) mass is 440 g/mol. The zero-order valence-electron chi connectivity index (χ0n) is 13.9. The summed E-state index contributed by atoms with van der Waals surface area (Å²) in [6, 6.07) is 2.53. The van der Waals surface area contributed by atoms with Crippen LogP contribution >= 0.6 is 11.6 Å². The van der Waals surface area contributed by atoms with Crippen molar-refractivity contribution in [3.63, 3.8) is 0 Å². The highest BCUT2D eigenvalue weighted by molar-refractivity contribution is 7.89. The molecule has 0 heterocycles. The normalized spacial score (nSPS) is 22.0. The standard InChI is InChI=1S/C15H12ClF3N2O6S/c1-28(25,26)20-13(22)10-8-9(5-6-11(10)21(23)24)27-12-4-2-3-7-14(12,16)15(17,18)19/h2-8,12H,1H3,(H,20,22). The van der Waals surface area contributed by atoms with Crippen molar-refractivity contribution < 1.29 is 36.0 Å². The summed E-state index contributed by atoms with van der Waals surface area (Å²) in [7, 11) is -4.05. The molecule has 8 nitrogen and oxygen atoms in total. The molecule has 28 heavy (non-hydrogen) atoms. The van der Waals surface area contributed by atoms with Crippen molar-refractivity contribution >= 4 is 33.2 Å². The number of nitro benzene ring substituents is 1. The van der Waals surface area contributed by atoms with E-state index in [1.165, 1.54) is 6.08 Å². The molecule has 152 valence electrons. The molecule has 0 bridgehead atoms. The van der Waals surface area contributed by atoms with E-state index in [1.54, 1.807) is 4.72 Å². The van der Waals surface area contributed by atoms with Crippen LogP contribution in [-0.2, 0) is 10.0 Å². The van der Waals surface area contributed by atoms with Crippen molar-refractivity contribution in [1.29, 1.82) is 0 Å². The van der Waals surface area contributed by atoms with Crippen LogP contribution in [0.5, 0.6) is 5.75 Å². The van der Waals surface area contributed by atoms with Gasteiger partial charge in [-0.05, 0) is 18.2 Å². The average Bonchev–Trinajstić information content (AvgIpc) is 2.54. The third kappa shape index (κ3) is 4.62. The third-order valence-corrected chi connectivity index (χ3v) is 4.65. The van der Waals surface area contributed by atoms with Crippen molar-refractivity contribution in [2.24, 2.45) is 0 Å². The first kappa shape index (κ1) is 21.7. The van der Waals surface area contributed by atoms with Gasteiger partial charge in [-0.25, -0.2) is 13.1 Å². The quantitative estimate of drug-likeness (QED) is 0.427. The van der Waals surface area contributed by atoms with Gasteiger partial charge in [-0.15, -0.1) is 11.6 Å². The Morgan fingerprint density at radius 3 is 2.54 bits per heavy atom. The Balaban J connectivity index is 2.43. The largest absolute Gasteiger partial charge is 0.484 e. The molecule has 1 N–H and O–H groups in total. The molecule has 0 aliphatic heterocycles. The number of rotatable bonds is 5. The minimum atomic E-state index is -4.89. The molecule has 0 saturated carbocycles. The molecule has 2 atom stereocenters. The maximum atomic E-state index is 13.3. The highest BCUT2D eigenvalue weighted by Crippen LogP contribution is 2.43. The smallest absolute Gasteiger partial charge is 0.415 e. The van der Waals surface area contributed by atoms with Gasteiger partial charge in [-0.3, -0.25) is 14.9 Å². The van der Waals surface area contributed by atoms with Crippen molar-refractivity contribution in [3.8, 4) is 5.75 Å². The van der Waals surface area contributed by atoms with Crippen LogP contribution in [0.1, 0.15) is 10.4 Å². The molecule has 2 unspecified atom stereocenters. The Hall–Kier alpha value is -2.60. The Bertz CT molecular complexity index is 976. The molecule has 1 aromatic carbocycles. The fourth-order valence-corrected chi connectivity index (χ4v) is 2.91. The summed E-state index contributed by atoms with van der Waals surface area (Å²) in [5, 5.41) is 11.1. The van der Waals surface area contributed by atoms with Crippen molar-refractivity contribution in [1.82, 2.24) is 4.72 Å². The number of carbonyl (C=O) groups excluding carboxylic acids is 1. The maximum Gasteiger partial charge on any atom is 0.415 e. The van der Waals surface area contributed by atoms with E-state index in [0.717, 1.165) is 30.4 Å². The lowest BCUT2D eigenvalue weighted by atomic mass is 9.95. The van der Waals surface area contributed by atoms with Gasteiger partial charge < -0.3 is 4.74 Å². The van der Waals surface area contributed by atoms with Gasteiger partial charge in [-0.2, -0.15) is 13.2 Å². The number of allylic oxidation sites excluding steroid dienone is 2. The Morgan fingerprint density at radius 1 is 1.36 bits per heavy atom. The lowest BCUT2D eigenvalue weighted by molar-refractivity contribution is -0.385. The highest BCUT2D eigenvalue weighted by atomic mass is 35.5. The molecular formula is C15H12ClF3N2O6S. The maximum absolute atomic E-state index is 13.3. The summed E-state index contributed by atoms with van der Waals surface area (Å²) in [4.78, 5) is 19.3. The van der Waals surface area contributed by atoms with E-state index in [1.807, 2.05) is 0 Å². The van der Waals surface area contributed by atoms with Gasteiger partial charge in [-0.1, -0.05) is 18.2 Å². The number of sulfonamides is 1. The minimum absolute atomic E-state index is 0.358. The number of hydrogen-bond donors (Lipinski definition) is 1. The number of amides is 1. The fourth-order valence-electron chi connectivity index (χ4n) is 2.28. The van der Waals surface area contributed by atoms with E-state index in [9.17, 15) is 36.5 Å². The zero-order chi connectivity index (χ0) is 21.3. The van der Waals surface area contributed by atoms with Crippen LogP contribution in [0, 0.1) is 10.1 Å². The number of nitrogens with zero attached hydrogens (tertiary/aromatic N) is 1. The van der Waals surface area contributed by atoms with Gasteiger partial charge in [0.1, 0.15) is 17.4 Å². The van der Waals surface area contributed by atoms with Gasteiger partial charge in [0.25, 0.3) is 11.6 Å². The number of hydrogen-bond acceptors (Lipinski definition) is 6. The molecule has 13 heteroatoms. The number of carbonyl (C=O) groups is 1. The van der Waals surface area contributed by atoms with Crippen LogP contribution < -0.4 is 9.46 Å². The molecule has 0 fully saturated rings. The first-order valence-electron chi connectivity index (χ1n) is 7.33. The summed E-state index contributed by atoms with van der Waals surface area (Å²) in [5.41, 5.74) is -1.48. The highest BCUT2D eigenvalue weighted by Gasteiger charge is 2.58. The first-order chi connectivity index (χ1) is 12.7. The number of nitro groups is 1. The van der Waals surface area contributed by atoms with E-state index in [4.69, 9.17) is 16.3 Å². The van der Waals surface area contributed by atoms with Crippen LogP contribution in [0.4, 0.5) is 18.9 Å². The molecule has 0 spiro atoms. The molecule has 0 saturated heterocycles. The predicted octanol–water partition coefficient (Wildman–Crippen LogP) is 2.70. The van der Waals surface area contributed by atoms with Crippen molar-refractivity contribution in [2.75, 3.05) is 6.26 Å². The second-order valence-corrected chi connectivity index (χ2v) is 8.06. The molecule has 0 radical (unpaired) electrons. The van der Waals surface area contributed by atoms with Gasteiger partial charge in [0.15, 0.2) is 4.87 Å². The van der Waals surface area contributed by atoms with Crippen LogP contribution in [-0.4, -0.2) is 42.7 Å². The Labute approximate surface area is 161 Å². The van der Waals surface area contributed by atoms with E-state index in [2.05, 4.69) is 0 Å².